The first-order valence-electron chi connectivity index (χ1n) is 14.0. The van der Waals surface area contributed by atoms with Crippen molar-refractivity contribution in [3.05, 3.63) is 64.8 Å². The molecule has 3 aromatic rings. The van der Waals surface area contributed by atoms with Crippen molar-refractivity contribution in [3.63, 3.8) is 0 Å². The van der Waals surface area contributed by atoms with Crippen molar-refractivity contribution in [3.8, 4) is 0 Å². The number of piperidine rings is 2. The van der Waals surface area contributed by atoms with Crippen molar-refractivity contribution < 1.29 is 9.59 Å². The van der Waals surface area contributed by atoms with Gasteiger partial charge in [0.1, 0.15) is 5.69 Å². The van der Waals surface area contributed by atoms with E-state index in [1.54, 1.807) is 36.3 Å². The molecule has 208 valence electrons. The van der Waals surface area contributed by atoms with Gasteiger partial charge in [-0.2, -0.15) is 4.98 Å². The molecular weight excluding hydrogens is 526 g/mol. The van der Waals surface area contributed by atoms with E-state index in [0.29, 0.717) is 45.3 Å². The summed E-state index contributed by atoms with van der Waals surface area (Å²) >= 11 is 6.64. The molecule has 3 aliphatic rings. The number of nitrogens with zero attached hydrogens (tertiary/aromatic N) is 6. The van der Waals surface area contributed by atoms with E-state index in [0.717, 1.165) is 31.6 Å². The molecule has 2 saturated heterocycles. The minimum absolute atomic E-state index is 0.0137. The van der Waals surface area contributed by atoms with Crippen LogP contribution in [-0.4, -0.2) is 77.9 Å². The number of anilines is 5. The highest BCUT2D eigenvalue weighted by molar-refractivity contribution is 6.33. The zero-order chi connectivity index (χ0) is 27.8. The summed E-state index contributed by atoms with van der Waals surface area (Å²) in [4.78, 5) is 43.5. The summed E-state index contributed by atoms with van der Waals surface area (Å²) in [5, 5.41) is 3.60. The Labute approximate surface area is 239 Å². The molecule has 2 aromatic carbocycles. The van der Waals surface area contributed by atoms with Crippen LogP contribution in [0.5, 0.6) is 0 Å². The molecule has 0 radical (unpaired) electrons. The topological polar surface area (TPSA) is 84.9 Å². The fraction of sp³-hybridized carbons (Fsp3) is 0.400. The van der Waals surface area contributed by atoms with Crippen LogP contribution in [0.1, 0.15) is 52.8 Å². The molecule has 0 atom stereocenters. The third-order valence-corrected chi connectivity index (χ3v) is 8.66. The average molecular weight is 560 g/mol. The van der Waals surface area contributed by atoms with Crippen LogP contribution >= 0.6 is 11.6 Å². The van der Waals surface area contributed by atoms with E-state index in [2.05, 4.69) is 15.2 Å². The normalized spacial score (nSPS) is 18.3. The lowest BCUT2D eigenvalue weighted by Crippen LogP contribution is -2.48. The number of amides is 2. The first kappa shape index (κ1) is 26.5. The molecule has 1 aromatic heterocycles. The van der Waals surface area contributed by atoms with E-state index in [1.807, 2.05) is 41.1 Å². The van der Waals surface area contributed by atoms with Crippen LogP contribution in [0.15, 0.2) is 48.7 Å². The Balaban J connectivity index is 1.16. The number of aromatic nitrogens is 2. The molecule has 1 N–H and O–H groups in total. The maximum absolute atomic E-state index is 13.3. The summed E-state index contributed by atoms with van der Waals surface area (Å²) in [6, 6.07) is 13.3. The lowest BCUT2D eigenvalue weighted by Gasteiger charge is -2.40. The summed E-state index contributed by atoms with van der Waals surface area (Å²) in [6.07, 6.45) is 7.58. The fourth-order valence-electron chi connectivity index (χ4n) is 6.03. The van der Waals surface area contributed by atoms with Gasteiger partial charge >= 0.3 is 0 Å². The first-order valence-corrected chi connectivity index (χ1v) is 14.4. The maximum atomic E-state index is 13.3. The Morgan fingerprint density at radius 3 is 2.45 bits per heavy atom. The highest BCUT2D eigenvalue weighted by Gasteiger charge is 2.30. The average Bonchev–Trinajstić information content (AvgIpc) is 3.08. The predicted octanol–water partition coefficient (Wildman–Crippen LogP) is 5.32. The fourth-order valence-corrected chi connectivity index (χ4v) is 6.26. The van der Waals surface area contributed by atoms with Crippen LogP contribution in [-0.2, 0) is 0 Å². The predicted molar refractivity (Wildman–Crippen MR) is 158 cm³/mol. The SMILES string of the molecule is CN1C(=O)c2ccccc2N(C)c2nc(Nc3ccc(C(=O)N4CCC(N5CCCCC5)CC4)cc3Cl)ncc21. The maximum Gasteiger partial charge on any atom is 0.260 e. The van der Waals surface area contributed by atoms with Gasteiger partial charge in [0.05, 0.1) is 28.2 Å². The number of nitrogens with one attached hydrogen (secondary N) is 1. The molecule has 2 amide bonds. The number of hydrogen-bond donors (Lipinski definition) is 1. The molecule has 0 unspecified atom stereocenters. The van der Waals surface area contributed by atoms with E-state index in [4.69, 9.17) is 16.6 Å². The highest BCUT2D eigenvalue weighted by atomic mass is 35.5. The van der Waals surface area contributed by atoms with Crippen LogP contribution in [0.25, 0.3) is 0 Å². The molecule has 0 bridgehead atoms. The smallest absolute Gasteiger partial charge is 0.260 e. The minimum Gasteiger partial charge on any atom is -0.339 e. The van der Waals surface area contributed by atoms with E-state index >= 15 is 0 Å². The van der Waals surface area contributed by atoms with Crippen molar-refractivity contribution in [2.24, 2.45) is 0 Å². The van der Waals surface area contributed by atoms with Gasteiger partial charge in [-0.3, -0.25) is 9.59 Å². The van der Waals surface area contributed by atoms with E-state index in [1.165, 1.54) is 32.4 Å². The minimum atomic E-state index is -0.121. The third-order valence-electron chi connectivity index (χ3n) is 8.35. The van der Waals surface area contributed by atoms with E-state index in [9.17, 15) is 9.59 Å². The molecule has 0 spiro atoms. The van der Waals surface area contributed by atoms with Crippen molar-refractivity contribution in [2.75, 3.05) is 55.4 Å². The molecule has 0 saturated carbocycles. The number of carbonyl (C=O) groups is 2. The number of hydrogen-bond acceptors (Lipinski definition) is 7. The van der Waals surface area contributed by atoms with Gasteiger partial charge in [-0.05, 0) is 69.1 Å². The molecule has 0 aliphatic carbocycles. The second-order valence-electron chi connectivity index (χ2n) is 10.8. The molecule has 40 heavy (non-hydrogen) atoms. The van der Waals surface area contributed by atoms with Gasteiger partial charge < -0.3 is 24.9 Å². The van der Waals surface area contributed by atoms with Gasteiger partial charge in [-0.15, -0.1) is 0 Å². The molecular formula is C30H34ClN7O2. The number of carbonyl (C=O) groups excluding carboxylic acids is 2. The Bertz CT molecular complexity index is 1430. The third kappa shape index (κ3) is 4.99. The van der Waals surface area contributed by atoms with Gasteiger partial charge in [0.15, 0.2) is 5.82 Å². The van der Waals surface area contributed by atoms with Gasteiger partial charge in [0.2, 0.25) is 5.95 Å². The van der Waals surface area contributed by atoms with Crippen LogP contribution < -0.4 is 15.1 Å². The summed E-state index contributed by atoms with van der Waals surface area (Å²) in [7, 11) is 3.60. The van der Waals surface area contributed by atoms with E-state index in [-0.39, 0.29) is 11.8 Å². The number of para-hydroxylation sites is 1. The number of likely N-dealkylation sites (tertiary alicyclic amines) is 2. The molecule has 9 nitrogen and oxygen atoms in total. The number of benzene rings is 2. The Morgan fingerprint density at radius 1 is 0.950 bits per heavy atom. The second-order valence-corrected chi connectivity index (χ2v) is 11.2. The summed E-state index contributed by atoms with van der Waals surface area (Å²) in [5.74, 6) is 0.824. The van der Waals surface area contributed by atoms with Gasteiger partial charge in [0.25, 0.3) is 11.8 Å². The molecule has 10 heteroatoms. The largest absolute Gasteiger partial charge is 0.339 e. The number of fused-ring (bicyclic) bond motifs is 2. The van der Waals surface area contributed by atoms with Crippen molar-refractivity contribution in [1.82, 2.24) is 19.8 Å². The standard InChI is InChI=1S/C30H34ClN7O2/c1-35-25-9-5-4-8-22(25)29(40)36(2)26-19-32-30(34-27(26)35)33-24-11-10-20(18-23(24)31)28(39)38-16-12-21(13-17-38)37-14-6-3-7-15-37/h4-5,8-11,18-19,21H,3,6-7,12-17H2,1-2H3,(H,32,33,34). The lowest BCUT2D eigenvalue weighted by atomic mass is 9.99. The van der Waals surface area contributed by atoms with E-state index < -0.39 is 0 Å². The summed E-state index contributed by atoms with van der Waals surface area (Å²) in [6.45, 7) is 3.92. The van der Waals surface area contributed by atoms with Crippen molar-refractivity contribution in [1.29, 1.82) is 0 Å². The first-order chi connectivity index (χ1) is 19.4. The summed E-state index contributed by atoms with van der Waals surface area (Å²) in [5.41, 5.74) is 3.14. The van der Waals surface area contributed by atoms with Gasteiger partial charge in [0, 0.05) is 38.8 Å². The Hall–Kier alpha value is -3.69. The molecule has 6 rings (SSSR count). The molecule has 2 fully saturated rings. The molecule has 3 aliphatic heterocycles. The zero-order valence-electron chi connectivity index (χ0n) is 22.9. The van der Waals surface area contributed by atoms with Crippen molar-refractivity contribution in [2.45, 2.75) is 38.1 Å². The lowest BCUT2D eigenvalue weighted by molar-refractivity contribution is 0.0590. The molecule has 4 heterocycles. The highest BCUT2D eigenvalue weighted by Crippen LogP contribution is 2.38. The quantitative estimate of drug-likeness (QED) is 0.463. The van der Waals surface area contributed by atoms with Gasteiger partial charge in [-0.25, -0.2) is 4.98 Å². The monoisotopic (exact) mass is 559 g/mol. The van der Waals surface area contributed by atoms with Crippen LogP contribution in [0.3, 0.4) is 0 Å². The summed E-state index contributed by atoms with van der Waals surface area (Å²) < 4.78 is 0. The Kier molecular flexibility index (Phi) is 7.33. The van der Waals surface area contributed by atoms with Gasteiger partial charge in [-0.1, -0.05) is 30.2 Å². The van der Waals surface area contributed by atoms with Crippen molar-refractivity contribution >= 4 is 52.2 Å². The number of halogens is 1. The van der Waals surface area contributed by atoms with Crippen LogP contribution in [0.2, 0.25) is 5.02 Å². The number of rotatable bonds is 4. The zero-order valence-corrected chi connectivity index (χ0v) is 23.7. The Morgan fingerprint density at radius 2 is 1.70 bits per heavy atom. The van der Waals surface area contributed by atoms with Crippen LogP contribution in [0.4, 0.5) is 28.8 Å². The second kappa shape index (κ2) is 11.1. The van der Waals surface area contributed by atoms with Crippen LogP contribution in [0, 0.1) is 0 Å².